The van der Waals surface area contributed by atoms with Gasteiger partial charge in [0, 0.05) is 0 Å². The summed E-state index contributed by atoms with van der Waals surface area (Å²) in [4.78, 5) is 23.3. The highest BCUT2D eigenvalue weighted by Crippen LogP contribution is 2.08. The zero-order valence-electron chi connectivity index (χ0n) is 12.0. The van der Waals surface area contributed by atoms with E-state index >= 15 is 0 Å². The van der Waals surface area contributed by atoms with Gasteiger partial charge >= 0.3 is 11.9 Å². The number of hydrazine groups is 1. The molecule has 6 nitrogen and oxygen atoms in total. The van der Waals surface area contributed by atoms with Crippen LogP contribution in [0.5, 0.6) is 0 Å². The quantitative estimate of drug-likeness (QED) is 0.520. The van der Waals surface area contributed by atoms with Crippen molar-refractivity contribution in [2.75, 3.05) is 13.2 Å². The van der Waals surface area contributed by atoms with Gasteiger partial charge in [0.2, 0.25) is 0 Å². The van der Waals surface area contributed by atoms with Crippen molar-refractivity contribution in [2.45, 2.75) is 52.6 Å². The molecule has 0 aliphatic heterocycles. The molecule has 0 aromatic carbocycles. The second-order valence-electron chi connectivity index (χ2n) is 4.94. The van der Waals surface area contributed by atoms with E-state index in [1.807, 2.05) is 0 Å². The predicted octanol–water partition coefficient (Wildman–Crippen LogP) is 0.764. The summed E-state index contributed by atoms with van der Waals surface area (Å²) < 4.78 is 9.84. The third-order valence-corrected chi connectivity index (χ3v) is 2.26. The number of hydrogen-bond donors (Lipinski definition) is 2. The Kier molecular flexibility index (Phi) is 6.28. The van der Waals surface area contributed by atoms with Crippen LogP contribution in [0.2, 0.25) is 0 Å². The van der Waals surface area contributed by atoms with Crippen LogP contribution in [-0.4, -0.2) is 36.2 Å². The topological polar surface area (TPSA) is 76.7 Å². The molecule has 0 saturated carbocycles. The maximum absolute atomic E-state index is 11.6. The first-order valence-corrected chi connectivity index (χ1v) is 6.06. The zero-order valence-corrected chi connectivity index (χ0v) is 12.0. The van der Waals surface area contributed by atoms with Gasteiger partial charge in [-0.05, 0) is 41.5 Å². The third kappa shape index (κ3) is 5.01. The Bertz CT molecular complexity index is 270. The van der Waals surface area contributed by atoms with Gasteiger partial charge in [0.1, 0.15) is 11.1 Å². The molecule has 0 aromatic rings. The smallest absolute Gasteiger partial charge is 0.327 e. The molecular weight excluding hydrogens is 236 g/mol. The van der Waals surface area contributed by atoms with Crippen LogP contribution in [0.15, 0.2) is 0 Å². The van der Waals surface area contributed by atoms with Crippen LogP contribution in [0, 0.1) is 0 Å². The highest BCUT2D eigenvalue weighted by molar-refractivity contribution is 5.81. The summed E-state index contributed by atoms with van der Waals surface area (Å²) in [6, 6.07) is 0. The van der Waals surface area contributed by atoms with Crippen molar-refractivity contribution >= 4 is 11.9 Å². The minimum absolute atomic E-state index is 0.311. The summed E-state index contributed by atoms with van der Waals surface area (Å²) in [5.41, 5.74) is 3.73. The van der Waals surface area contributed by atoms with Crippen molar-refractivity contribution in [1.82, 2.24) is 10.9 Å². The summed E-state index contributed by atoms with van der Waals surface area (Å²) in [7, 11) is 0. The average Bonchev–Trinajstić information content (AvgIpc) is 2.27. The molecule has 106 valence electrons. The SMILES string of the molecule is CCOC(=O)C(C)(C)NNC(C)(C)C(=O)OCC. The van der Waals surface area contributed by atoms with E-state index in [1.54, 1.807) is 41.5 Å². The molecule has 0 atom stereocenters. The Morgan fingerprint density at radius 1 is 0.833 bits per heavy atom. The molecule has 0 amide bonds. The van der Waals surface area contributed by atoms with Gasteiger partial charge in [0.05, 0.1) is 13.2 Å². The van der Waals surface area contributed by atoms with Crippen molar-refractivity contribution in [3.05, 3.63) is 0 Å². The molecule has 2 N–H and O–H groups in total. The highest BCUT2D eigenvalue weighted by atomic mass is 16.5. The number of nitrogens with one attached hydrogen (secondary N) is 2. The maximum Gasteiger partial charge on any atom is 0.327 e. The Morgan fingerprint density at radius 2 is 1.11 bits per heavy atom. The van der Waals surface area contributed by atoms with Crippen molar-refractivity contribution in [3.63, 3.8) is 0 Å². The van der Waals surface area contributed by atoms with Crippen LogP contribution in [0.25, 0.3) is 0 Å². The first-order chi connectivity index (χ1) is 8.17. The molecule has 0 radical (unpaired) electrons. The number of carbonyl (C=O) groups is 2. The molecule has 6 heteroatoms. The molecule has 0 spiro atoms. The molecule has 0 bridgehead atoms. The molecule has 0 aliphatic rings. The van der Waals surface area contributed by atoms with E-state index in [9.17, 15) is 9.59 Å². The molecule has 18 heavy (non-hydrogen) atoms. The Morgan fingerprint density at radius 3 is 1.33 bits per heavy atom. The Hall–Kier alpha value is -1.14. The summed E-state index contributed by atoms with van der Waals surface area (Å²) in [5.74, 6) is -0.783. The van der Waals surface area contributed by atoms with E-state index in [4.69, 9.17) is 9.47 Å². The van der Waals surface area contributed by atoms with Gasteiger partial charge in [-0.3, -0.25) is 9.59 Å². The minimum atomic E-state index is -0.931. The van der Waals surface area contributed by atoms with Crippen LogP contribution in [0.3, 0.4) is 0 Å². The third-order valence-electron chi connectivity index (χ3n) is 2.26. The van der Waals surface area contributed by atoms with Crippen LogP contribution < -0.4 is 10.9 Å². The normalized spacial score (nSPS) is 12.1. The number of esters is 2. The summed E-state index contributed by atoms with van der Waals surface area (Å²) in [5, 5.41) is 0. The van der Waals surface area contributed by atoms with Gasteiger partial charge in [0.25, 0.3) is 0 Å². The number of rotatable bonds is 7. The number of hydrogen-bond acceptors (Lipinski definition) is 6. The minimum Gasteiger partial charge on any atom is -0.465 e. The van der Waals surface area contributed by atoms with Gasteiger partial charge < -0.3 is 9.47 Å². The van der Waals surface area contributed by atoms with Crippen LogP contribution in [0.4, 0.5) is 0 Å². The van der Waals surface area contributed by atoms with E-state index in [-0.39, 0.29) is 0 Å². The van der Waals surface area contributed by atoms with Crippen molar-refractivity contribution in [2.24, 2.45) is 0 Å². The van der Waals surface area contributed by atoms with Crippen molar-refractivity contribution in [1.29, 1.82) is 0 Å². The first kappa shape index (κ1) is 16.9. The maximum atomic E-state index is 11.6. The highest BCUT2D eigenvalue weighted by Gasteiger charge is 2.34. The van der Waals surface area contributed by atoms with Gasteiger partial charge in [0.15, 0.2) is 0 Å². The second-order valence-corrected chi connectivity index (χ2v) is 4.94. The molecule has 0 unspecified atom stereocenters. The summed E-state index contributed by atoms with van der Waals surface area (Å²) in [6.45, 7) is 10.8. The van der Waals surface area contributed by atoms with Crippen molar-refractivity contribution in [3.8, 4) is 0 Å². The van der Waals surface area contributed by atoms with Gasteiger partial charge in [-0.2, -0.15) is 0 Å². The van der Waals surface area contributed by atoms with Crippen molar-refractivity contribution < 1.29 is 19.1 Å². The standard InChI is InChI=1S/C12H24N2O4/c1-7-17-9(15)11(3,4)13-14-12(5,6)10(16)18-8-2/h13-14H,7-8H2,1-6H3. The molecule has 0 aromatic heterocycles. The molecule has 0 saturated heterocycles. The fourth-order valence-corrected chi connectivity index (χ4v) is 1.04. The largest absolute Gasteiger partial charge is 0.465 e. The summed E-state index contributed by atoms with van der Waals surface area (Å²) >= 11 is 0. The van der Waals surface area contributed by atoms with Crippen LogP contribution >= 0.6 is 0 Å². The van der Waals surface area contributed by atoms with E-state index in [1.165, 1.54) is 0 Å². The number of ether oxygens (including phenoxy) is 2. The van der Waals surface area contributed by atoms with Gasteiger partial charge in [-0.15, -0.1) is 0 Å². The monoisotopic (exact) mass is 260 g/mol. The molecule has 0 aliphatic carbocycles. The molecule has 0 fully saturated rings. The molecular formula is C12H24N2O4. The van der Waals surface area contributed by atoms with E-state index < -0.39 is 23.0 Å². The second kappa shape index (κ2) is 6.70. The van der Waals surface area contributed by atoms with E-state index in [0.717, 1.165) is 0 Å². The predicted molar refractivity (Wildman–Crippen MR) is 67.7 cm³/mol. The average molecular weight is 260 g/mol. The van der Waals surface area contributed by atoms with Crippen LogP contribution in [0.1, 0.15) is 41.5 Å². The van der Waals surface area contributed by atoms with E-state index in [2.05, 4.69) is 10.9 Å². The zero-order chi connectivity index (χ0) is 14.4. The first-order valence-electron chi connectivity index (χ1n) is 6.06. The lowest BCUT2D eigenvalue weighted by Gasteiger charge is -2.30. The molecule has 0 rings (SSSR count). The fraction of sp³-hybridized carbons (Fsp3) is 0.833. The van der Waals surface area contributed by atoms with E-state index in [0.29, 0.717) is 13.2 Å². The summed E-state index contributed by atoms with van der Waals surface area (Å²) in [6.07, 6.45) is 0. The lowest BCUT2D eigenvalue weighted by Crippen LogP contribution is -2.62. The lowest BCUT2D eigenvalue weighted by atomic mass is 10.1. The Labute approximate surface area is 108 Å². The Balaban J connectivity index is 4.46. The van der Waals surface area contributed by atoms with Crippen LogP contribution in [-0.2, 0) is 19.1 Å². The number of carbonyl (C=O) groups excluding carboxylic acids is 2. The fourth-order valence-electron chi connectivity index (χ4n) is 1.04. The van der Waals surface area contributed by atoms with Gasteiger partial charge in [-0.1, -0.05) is 0 Å². The van der Waals surface area contributed by atoms with Gasteiger partial charge in [-0.25, -0.2) is 10.9 Å². The molecule has 0 heterocycles. The lowest BCUT2D eigenvalue weighted by molar-refractivity contribution is -0.154.